The molecule has 1 saturated heterocycles. The number of ether oxygens (including phenoxy) is 1. The number of unbranched alkanes of at least 4 members (excludes halogenated alkanes) is 1. The standard InChI is InChI=1S/C22H24F6N8O3/c23-16-4-3-15(39-22(26,27)28)7-14(16)8-29-20(38)17-9-35(32-17)5-1-2-6-36-10-18(31-33-36)30-19(37)11-34-12-21(24,25)13-34/h3-4,7,9-10,32H,1-2,5-6,8,11-13H2,(H,29,38)(H,30,37). The number of hydrogen-bond acceptors (Lipinski definition) is 6. The van der Waals surface area contributed by atoms with Crippen LogP contribution >= 0.6 is 0 Å². The summed E-state index contributed by atoms with van der Waals surface area (Å²) in [6.07, 6.45) is -0.478. The largest absolute Gasteiger partial charge is 0.573 e. The number of alkyl halides is 5. The molecule has 1 aliphatic heterocycles. The van der Waals surface area contributed by atoms with Gasteiger partial charge >= 0.3 is 6.36 Å². The van der Waals surface area contributed by atoms with E-state index in [2.05, 4.69) is 30.8 Å². The Morgan fingerprint density at radius 1 is 1.13 bits per heavy atom. The first-order valence-electron chi connectivity index (χ1n) is 11.7. The molecule has 4 rings (SSSR count). The minimum Gasteiger partial charge on any atom is -0.406 e. The van der Waals surface area contributed by atoms with Crippen LogP contribution in [0.5, 0.6) is 5.75 Å². The van der Waals surface area contributed by atoms with E-state index < -0.39 is 48.8 Å². The molecule has 2 aromatic heterocycles. The second-order valence-electron chi connectivity index (χ2n) is 8.95. The molecule has 3 heterocycles. The van der Waals surface area contributed by atoms with Gasteiger partial charge in [0.1, 0.15) is 17.3 Å². The molecule has 1 aliphatic rings. The molecule has 0 aliphatic carbocycles. The summed E-state index contributed by atoms with van der Waals surface area (Å²) in [5, 5.41) is 15.5. The van der Waals surface area contributed by atoms with Crippen LogP contribution in [-0.4, -0.2) is 73.4 Å². The van der Waals surface area contributed by atoms with Gasteiger partial charge in [0.05, 0.1) is 32.0 Å². The van der Waals surface area contributed by atoms with Crippen LogP contribution in [0, 0.1) is 5.82 Å². The quantitative estimate of drug-likeness (QED) is 0.231. The fourth-order valence-corrected chi connectivity index (χ4v) is 3.82. The zero-order valence-corrected chi connectivity index (χ0v) is 20.3. The summed E-state index contributed by atoms with van der Waals surface area (Å²) in [6, 6.07) is 2.52. The Balaban J connectivity index is 1.12. The lowest BCUT2D eigenvalue weighted by atomic mass is 10.1. The Kier molecular flexibility index (Phi) is 8.17. The lowest BCUT2D eigenvalue weighted by molar-refractivity contribution is -0.274. The number of benzene rings is 1. The van der Waals surface area contributed by atoms with Gasteiger partial charge in [-0.15, -0.1) is 18.3 Å². The number of amides is 2. The number of halogens is 6. The highest BCUT2D eigenvalue weighted by atomic mass is 19.4. The number of likely N-dealkylation sites (tertiary alicyclic amines) is 1. The third kappa shape index (κ3) is 8.23. The summed E-state index contributed by atoms with van der Waals surface area (Å²) in [5.41, 5.74) is 0.0372. The summed E-state index contributed by atoms with van der Waals surface area (Å²) >= 11 is 0. The third-order valence-corrected chi connectivity index (χ3v) is 5.60. The van der Waals surface area contributed by atoms with Crippen LogP contribution in [-0.2, 0) is 24.4 Å². The van der Waals surface area contributed by atoms with Crippen molar-refractivity contribution in [1.29, 1.82) is 0 Å². The molecule has 212 valence electrons. The van der Waals surface area contributed by atoms with E-state index in [0.717, 1.165) is 18.2 Å². The van der Waals surface area contributed by atoms with E-state index in [1.165, 1.54) is 22.0 Å². The molecule has 17 heteroatoms. The number of rotatable bonds is 12. The average molecular weight is 562 g/mol. The van der Waals surface area contributed by atoms with Gasteiger partial charge in [0.2, 0.25) is 5.91 Å². The van der Waals surface area contributed by atoms with E-state index in [1.54, 1.807) is 4.68 Å². The maximum Gasteiger partial charge on any atom is 0.573 e. The Morgan fingerprint density at radius 2 is 1.85 bits per heavy atom. The van der Waals surface area contributed by atoms with Gasteiger partial charge in [0, 0.05) is 25.2 Å². The molecule has 1 aromatic carbocycles. The number of nitrogens with one attached hydrogen (secondary N) is 3. The van der Waals surface area contributed by atoms with Crippen LogP contribution in [0.3, 0.4) is 0 Å². The van der Waals surface area contributed by atoms with E-state index in [-0.39, 0.29) is 30.2 Å². The van der Waals surface area contributed by atoms with Crippen LogP contribution < -0.4 is 15.4 Å². The van der Waals surface area contributed by atoms with Crippen molar-refractivity contribution in [3.8, 4) is 5.75 Å². The van der Waals surface area contributed by atoms with Gasteiger partial charge < -0.3 is 15.4 Å². The minimum atomic E-state index is -4.92. The van der Waals surface area contributed by atoms with Gasteiger partial charge in [0.15, 0.2) is 5.82 Å². The molecular formula is C22H24F6N8O3. The van der Waals surface area contributed by atoms with E-state index >= 15 is 0 Å². The van der Waals surface area contributed by atoms with Crippen LogP contribution in [0.4, 0.5) is 32.2 Å². The molecule has 39 heavy (non-hydrogen) atoms. The fourth-order valence-electron chi connectivity index (χ4n) is 3.82. The fraction of sp³-hybridized carbons (Fsp3) is 0.455. The highest BCUT2D eigenvalue weighted by Crippen LogP contribution is 2.26. The summed E-state index contributed by atoms with van der Waals surface area (Å²) in [7, 11) is 0. The molecule has 3 N–H and O–H groups in total. The molecule has 1 fully saturated rings. The number of nitrogens with zero attached hydrogens (tertiary/aromatic N) is 5. The maximum atomic E-state index is 13.9. The Labute approximate surface area is 217 Å². The number of H-pyrrole nitrogens is 1. The van der Waals surface area contributed by atoms with Crippen LogP contribution in [0.15, 0.2) is 30.6 Å². The van der Waals surface area contributed by atoms with E-state index in [1.807, 2.05) is 0 Å². The van der Waals surface area contributed by atoms with E-state index in [4.69, 9.17) is 0 Å². The summed E-state index contributed by atoms with van der Waals surface area (Å²) in [4.78, 5) is 25.4. The predicted molar refractivity (Wildman–Crippen MR) is 122 cm³/mol. The molecule has 0 unspecified atom stereocenters. The van der Waals surface area contributed by atoms with Gasteiger partial charge in [-0.05, 0) is 31.0 Å². The third-order valence-electron chi connectivity index (χ3n) is 5.60. The smallest absolute Gasteiger partial charge is 0.406 e. The van der Waals surface area contributed by atoms with Crippen molar-refractivity contribution in [2.24, 2.45) is 0 Å². The number of carbonyl (C=O) groups excluding carboxylic acids is 2. The maximum absolute atomic E-state index is 13.9. The number of aryl methyl sites for hydroxylation is 2. The van der Waals surface area contributed by atoms with E-state index in [0.29, 0.717) is 25.9 Å². The Bertz CT molecular complexity index is 1280. The highest BCUT2D eigenvalue weighted by Gasteiger charge is 2.44. The van der Waals surface area contributed by atoms with Crippen molar-refractivity contribution < 1.29 is 40.7 Å². The first-order chi connectivity index (χ1) is 18.3. The van der Waals surface area contributed by atoms with Crippen molar-refractivity contribution in [3.63, 3.8) is 0 Å². The van der Waals surface area contributed by atoms with Crippen molar-refractivity contribution in [1.82, 2.24) is 35.0 Å². The lowest BCUT2D eigenvalue weighted by Gasteiger charge is -2.37. The highest BCUT2D eigenvalue weighted by molar-refractivity contribution is 5.92. The number of carbonyl (C=O) groups is 2. The summed E-state index contributed by atoms with van der Waals surface area (Å²) < 4.78 is 83.5. The van der Waals surface area contributed by atoms with Crippen molar-refractivity contribution >= 4 is 17.6 Å². The molecule has 0 spiro atoms. The van der Waals surface area contributed by atoms with Crippen LogP contribution in [0.1, 0.15) is 28.9 Å². The zero-order chi connectivity index (χ0) is 28.2. The second kappa shape index (κ2) is 11.4. The van der Waals surface area contributed by atoms with Gasteiger partial charge in [-0.25, -0.2) is 13.2 Å². The Morgan fingerprint density at radius 3 is 2.54 bits per heavy atom. The van der Waals surface area contributed by atoms with Gasteiger partial charge in [0.25, 0.3) is 11.8 Å². The molecule has 0 atom stereocenters. The minimum absolute atomic E-state index is 0.153. The topological polar surface area (TPSA) is 122 Å². The molecule has 0 bridgehead atoms. The van der Waals surface area contributed by atoms with Crippen molar-refractivity contribution in [2.75, 3.05) is 25.0 Å². The molecular weight excluding hydrogens is 538 g/mol. The molecule has 11 nitrogen and oxygen atoms in total. The molecule has 2 amide bonds. The molecule has 0 saturated carbocycles. The zero-order valence-electron chi connectivity index (χ0n) is 20.3. The van der Waals surface area contributed by atoms with Gasteiger partial charge in [-0.3, -0.25) is 29.0 Å². The predicted octanol–water partition coefficient (Wildman–Crippen LogP) is 2.75. The Hall–Kier alpha value is -4.02. The van der Waals surface area contributed by atoms with Crippen molar-refractivity contribution in [2.45, 2.75) is 44.8 Å². The number of aromatic nitrogens is 5. The first-order valence-corrected chi connectivity index (χ1v) is 11.7. The average Bonchev–Trinajstić information content (AvgIpc) is 3.22. The molecule has 3 aromatic rings. The van der Waals surface area contributed by atoms with Crippen molar-refractivity contribution in [3.05, 3.63) is 47.7 Å². The SMILES string of the molecule is O=C(CN1CC(F)(F)C1)Nc1cn(CCCCn2cc(C(=O)NCc3cc(OC(F)(F)F)ccc3F)[nH]2)nn1. The normalized spacial score (nSPS) is 15.1. The number of hydrogen-bond donors (Lipinski definition) is 3. The summed E-state index contributed by atoms with van der Waals surface area (Å²) in [6.45, 7) is -0.346. The van der Waals surface area contributed by atoms with Gasteiger partial charge in [-0.2, -0.15) is 0 Å². The summed E-state index contributed by atoms with van der Waals surface area (Å²) in [5.74, 6) is -4.93. The van der Waals surface area contributed by atoms with Crippen LogP contribution in [0.25, 0.3) is 0 Å². The second-order valence-corrected chi connectivity index (χ2v) is 8.95. The lowest BCUT2D eigenvalue weighted by Crippen LogP contribution is -2.57. The molecule has 0 radical (unpaired) electrons. The van der Waals surface area contributed by atoms with E-state index in [9.17, 15) is 35.9 Å². The first kappa shape index (κ1) is 28.0. The number of anilines is 1. The number of aromatic amines is 1. The van der Waals surface area contributed by atoms with Crippen LogP contribution in [0.2, 0.25) is 0 Å². The monoisotopic (exact) mass is 562 g/mol. The van der Waals surface area contributed by atoms with Gasteiger partial charge in [-0.1, -0.05) is 5.21 Å².